The highest BCUT2D eigenvalue weighted by Gasteiger charge is 2.40. The number of fused-ring (bicyclic) bond motifs is 13. The van der Waals surface area contributed by atoms with E-state index in [1.54, 1.807) is 11.3 Å². The van der Waals surface area contributed by atoms with Gasteiger partial charge in [0.2, 0.25) is 0 Å². The van der Waals surface area contributed by atoms with E-state index in [1.807, 2.05) is 36.4 Å². The van der Waals surface area contributed by atoms with Gasteiger partial charge in [-0.15, -0.1) is 11.3 Å². The predicted molar refractivity (Wildman–Crippen MR) is 226 cm³/mol. The van der Waals surface area contributed by atoms with Gasteiger partial charge in [-0.3, -0.25) is 0 Å². The van der Waals surface area contributed by atoms with Crippen LogP contribution in [0.4, 0.5) is 0 Å². The summed E-state index contributed by atoms with van der Waals surface area (Å²) in [5.74, 6) is 1.85. The van der Waals surface area contributed by atoms with Crippen LogP contribution in [0.15, 0.2) is 148 Å². The lowest BCUT2D eigenvalue weighted by molar-refractivity contribution is 0.669. The van der Waals surface area contributed by atoms with Crippen LogP contribution in [0, 0.1) is 0 Å². The zero-order valence-electron chi connectivity index (χ0n) is 29.3. The quantitative estimate of drug-likeness (QED) is 0.170. The van der Waals surface area contributed by atoms with Gasteiger partial charge in [-0.05, 0) is 52.3 Å². The number of para-hydroxylation sites is 2. The van der Waals surface area contributed by atoms with E-state index in [0.717, 1.165) is 60.6 Å². The topological polar surface area (TPSA) is 65.0 Å². The van der Waals surface area contributed by atoms with Crippen molar-refractivity contribution in [3.05, 3.63) is 140 Å². The first-order chi connectivity index (χ1) is 26.5. The van der Waals surface area contributed by atoms with Gasteiger partial charge in [0.25, 0.3) is 0 Å². The van der Waals surface area contributed by atoms with Gasteiger partial charge in [0.1, 0.15) is 30.4 Å². The molecule has 0 aliphatic carbocycles. The Hall–Kier alpha value is -6.41. The van der Waals surface area contributed by atoms with Gasteiger partial charge in [0, 0.05) is 64.0 Å². The summed E-state index contributed by atoms with van der Waals surface area (Å²) in [5.41, 5.74) is 8.67. The van der Waals surface area contributed by atoms with Crippen LogP contribution in [0.25, 0.3) is 109 Å². The normalized spacial score (nSPS) is 13.5. The smallest absolute Gasteiger partial charge is 0.164 e. The molecule has 0 spiro atoms. The number of hydrogen-bond acceptors (Lipinski definition) is 6. The van der Waals surface area contributed by atoms with Crippen LogP contribution < -0.4 is 10.4 Å². The molecule has 5 nitrogen and oxygen atoms in total. The lowest BCUT2D eigenvalue weighted by Crippen LogP contribution is -2.49. The molecule has 1 aliphatic rings. The maximum Gasteiger partial charge on any atom is 0.164 e. The van der Waals surface area contributed by atoms with E-state index in [2.05, 4.69) is 116 Å². The van der Waals surface area contributed by atoms with Crippen molar-refractivity contribution < 1.29 is 8.83 Å². The Labute approximate surface area is 314 Å². The molecule has 0 saturated carbocycles. The second kappa shape index (κ2) is 10.8. The molecule has 0 unspecified atom stereocenters. The molecule has 0 atom stereocenters. The Morgan fingerprint density at radius 2 is 1.09 bits per heavy atom. The molecule has 12 rings (SSSR count). The Bertz CT molecular complexity index is 3390. The maximum absolute atomic E-state index is 6.85. The third kappa shape index (κ3) is 4.10. The van der Waals surface area contributed by atoms with E-state index in [9.17, 15) is 0 Å². The van der Waals surface area contributed by atoms with Gasteiger partial charge >= 0.3 is 0 Å². The van der Waals surface area contributed by atoms with E-state index in [0.29, 0.717) is 17.5 Å². The molecule has 4 aromatic heterocycles. The number of nitrogens with zero attached hydrogens (tertiary/aromatic N) is 3. The summed E-state index contributed by atoms with van der Waals surface area (Å²) in [6.07, 6.45) is 0. The molecule has 7 aromatic carbocycles. The van der Waals surface area contributed by atoms with Crippen LogP contribution >= 0.6 is 11.3 Å². The van der Waals surface area contributed by atoms with Crippen molar-refractivity contribution in [2.24, 2.45) is 0 Å². The first kappa shape index (κ1) is 30.1. The summed E-state index contributed by atoms with van der Waals surface area (Å²) in [5, 5.41) is 9.36. The largest absolute Gasteiger partial charge is 0.456 e. The number of thiophene rings is 1. The molecule has 1 aliphatic heterocycles. The van der Waals surface area contributed by atoms with Crippen molar-refractivity contribution in [1.29, 1.82) is 0 Å². The molecule has 0 saturated heterocycles. The van der Waals surface area contributed by atoms with Crippen molar-refractivity contribution in [2.75, 3.05) is 0 Å². The summed E-state index contributed by atoms with van der Waals surface area (Å²) >= 11 is 1.80. The minimum Gasteiger partial charge on any atom is -0.456 e. The molecule has 0 fully saturated rings. The lowest BCUT2D eigenvalue weighted by atomic mass is 9.98. The van der Waals surface area contributed by atoms with Crippen molar-refractivity contribution in [3.8, 4) is 45.3 Å². The minimum absolute atomic E-state index is 0.602. The average molecular weight is 728 g/mol. The van der Waals surface area contributed by atoms with Crippen LogP contribution in [0.2, 0.25) is 13.1 Å². The van der Waals surface area contributed by atoms with Crippen LogP contribution in [0.5, 0.6) is 0 Å². The molecule has 54 heavy (non-hydrogen) atoms. The SMILES string of the molecule is C[Si]1(C)c2ccccc2-c2c1cc(-c1nc(-c3ccc4c(c3)sc3ccccc34)nc(-c3cccc4oc5ccccc5c34)n1)c1c2oc2ccccc21. The van der Waals surface area contributed by atoms with E-state index in [-0.39, 0.29) is 0 Å². The monoisotopic (exact) mass is 727 g/mol. The van der Waals surface area contributed by atoms with E-state index < -0.39 is 8.07 Å². The summed E-state index contributed by atoms with van der Waals surface area (Å²) in [6.45, 7) is 4.87. The first-order valence-electron chi connectivity index (χ1n) is 18.2. The number of furan rings is 2. The van der Waals surface area contributed by atoms with Crippen LogP contribution in [0.3, 0.4) is 0 Å². The van der Waals surface area contributed by atoms with Gasteiger partial charge in [0.05, 0.1) is 0 Å². The van der Waals surface area contributed by atoms with Gasteiger partial charge in [0.15, 0.2) is 17.5 Å². The van der Waals surface area contributed by atoms with Crippen molar-refractivity contribution >= 4 is 93.8 Å². The highest BCUT2D eigenvalue weighted by molar-refractivity contribution is 7.25. The Balaban J connectivity index is 1.19. The Morgan fingerprint density at radius 1 is 0.463 bits per heavy atom. The molecular weight excluding hydrogens is 699 g/mol. The molecule has 5 heterocycles. The number of benzene rings is 7. The third-order valence-electron chi connectivity index (χ3n) is 11.3. The summed E-state index contributed by atoms with van der Waals surface area (Å²) < 4.78 is 15.7. The van der Waals surface area contributed by atoms with Crippen LogP contribution in [-0.2, 0) is 0 Å². The minimum atomic E-state index is -2.11. The molecule has 0 amide bonds. The van der Waals surface area contributed by atoms with Crippen molar-refractivity contribution in [1.82, 2.24) is 15.0 Å². The summed E-state index contributed by atoms with van der Waals surface area (Å²) in [6, 6.07) is 49.0. The number of rotatable bonds is 3. The molecule has 0 N–H and O–H groups in total. The number of aromatic nitrogens is 3. The second-order valence-electron chi connectivity index (χ2n) is 14.7. The first-order valence-corrected chi connectivity index (χ1v) is 22.0. The zero-order valence-corrected chi connectivity index (χ0v) is 31.2. The van der Waals surface area contributed by atoms with Crippen LogP contribution in [0.1, 0.15) is 0 Å². The second-order valence-corrected chi connectivity index (χ2v) is 20.1. The average Bonchev–Trinajstić information content (AvgIpc) is 3.95. The highest BCUT2D eigenvalue weighted by Crippen LogP contribution is 2.44. The Kier molecular flexibility index (Phi) is 6.03. The van der Waals surface area contributed by atoms with Gasteiger partial charge in [-0.1, -0.05) is 116 Å². The Morgan fingerprint density at radius 3 is 1.94 bits per heavy atom. The fourth-order valence-corrected chi connectivity index (χ4v) is 13.0. The molecule has 254 valence electrons. The van der Waals surface area contributed by atoms with Crippen molar-refractivity contribution in [2.45, 2.75) is 13.1 Å². The van der Waals surface area contributed by atoms with E-state index in [1.165, 1.54) is 41.7 Å². The fourth-order valence-electron chi connectivity index (χ4n) is 8.80. The van der Waals surface area contributed by atoms with E-state index >= 15 is 0 Å². The maximum atomic E-state index is 6.85. The zero-order chi connectivity index (χ0) is 35.7. The highest BCUT2D eigenvalue weighted by atomic mass is 32.1. The van der Waals surface area contributed by atoms with Crippen molar-refractivity contribution in [3.63, 3.8) is 0 Å². The molecule has 7 heteroatoms. The molecule has 0 radical (unpaired) electrons. The third-order valence-corrected chi connectivity index (χ3v) is 16.0. The standard InChI is InChI=1S/C47H29N3O2SSi/c1-54(2)39-21-10-6-15-31(39)43-40(54)25-33(42-30-14-4-8-18-35(30)52-44(42)43)47-49-45(26-22-23-28-27-12-5-9-20-37(27)53-38(28)24-26)48-46(50-47)32-16-11-19-36-41(32)29-13-3-7-17-34(29)51-36/h3-25H,1-2H3. The lowest BCUT2D eigenvalue weighted by Gasteiger charge is -2.19. The van der Waals surface area contributed by atoms with Gasteiger partial charge < -0.3 is 8.83 Å². The number of hydrogen-bond donors (Lipinski definition) is 0. The fraction of sp³-hybridized carbons (Fsp3) is 0.0426. The molecule has 11 aromatic rings. The van der Waals surface area contributed by atoms with Gasteiger partial charge in [-0.25, -0.2) is 15.0 Å². The van der Waals surface area contributed by atoms with Gasteiger partial charge in [-0.2, -0.15) is 0 Å². The predicted octanol–water partition coefficient (Wildman–Crippen LogP) is 11.8. The molecular formula is C47H29N3O2SSi. The summed E-state index contributed by atoms with van der Waals surface area (Å²) in [7, 11) is -2.11. The summed E-state index contributed by atoms with van der Waals surface area (Å²) in [4.78, 5) is 16.1. The van der Waals surface area contributed by atoms with Crippen LogP contribution in [-0.4, -0.2) is 23.0 Å². The van der Waals surface area contributed by atoms with E-state index in [4.69, 9.17) is 23.8 Å². The molecule has 0 bridgehead atoms.